The molecule has 174 valence electrons. The molecule has 0 heterocycles. The average Bonchev–Trinajstić information content (AvgIpc) is 2.74. The van der Waals surface area contributed by atoms with E-state index in [4.69, 9.17) is 4.74 Å². The van der Waals surface area contributed by atoms with E-state index in [1.54, 1.807) is 36.4 Å². The Hall–Kier alpha value is -4.12. The summed E-state index contributed by atoms with van der Waals surface area (Å²) >= 11 is 0. The minimum atomic E-state index is 0.0651. The zero-order valence-electron chi connectivity index (χ0n) is 20.0. The lowest BCUT2D eigenvalue weighted by Gasteiger charge is -2.32. The predicted octanol–water partition coefficient (Wildman–Crippen LogP) is 7.61. The third kappa shape index (κ3) is 4.37. The molecule has 0 unspecified atom stereocenters. The molecule has 3 N–H and O–H groups in total. The van der Waals surface area contributed by atoms with Crippen LogP contribution in [0.2, 0.25) is 0 Å². The maximum Gasteiger partial charge on any atom is 0.169 e. The first kappa shape index (κ1) is 23.1. The molecule has 0 atom stereocenters. The summed E-state index contributed by atoms with van der Waals surface area (Å²) in [5.41, 5.74) is 7.05. The molecule has 5 nitrogen and oxygen atoms in total. The first-order chi connectivity index (χ1) is 16.2. The van der Waals surface area contributed by atoms with Gasteiger partial charge >= 0.3 is 0 Å². The van der Waals surface area contributed by atoms with Crippen molar-refractivity contribution in [3.05, 3.63) is 94.5 Å². The van der Waals surface area contributed by atoms with Crippen LogP contribution in [0.3, 0.4) is 0 Å². The van der Waals surface area contributed by atoms with Crippen LogP contribution >= 0.6 is 0 Å². The summed E-state index contributed by atoms with van der Waals surface area (Å²) < 4.78 is 6.24. The van der Waals surface area contributed by atoms with E-state index in [1.807, 2.05) is 65.0 Å². The third-order valence-electron chi connectivity index (χ3n) is 5.84. The van der Waals surface area contributed by atoms with Gasteiger partial charge < -0.3 is 25.0 Å². The molecule has 0 aliphatic rings. The molecule has 34 heavy (non-hydrogen) atoms. The third-order valence-corrected chi connectivity index (χ3v) is 5.84. The average molecular weight is 456 g/mol. The fourth-order valence-corrected chi connectivity index (χ4v) is 4.48. The molecule has 4 aromatic carbocycles. The molecule has 0 saturated carbocycles. The van der Waals surface area contributed by atoms with E-state index in [2.05, 4.69) is 4.90 Å². The summed E-state index contributed by atoms with van der Waals surface area (Å²) in [4.78, 5) is 2.09. The van der Waals surface area contributed by atoms with Crippen molar-refractivity contribution in [1.29, 1.82) is 0 Å². The van der Waals surface area contributed by atoms with Gasteiger partial charge in [-0.2, -0.15) is 0 Å². The van der Waals surface area contributed by atoms with E-state index < -0.39 is 0 Å². The van der Waals surface area contributed by atoms with Crippen LogP contribution in [0.1, 0.15) is 27.8 Å². The lowest BCUT2D eigenvalue weighted by Crippen LogP contribution is -2.16. The topological polar surface area (TPSA) is 73.2 Å². The van der Waals surface area contributed by atoms with Gasteiger partial charge in [0, 0.05) is 0 Å². The molecule has 0 spiro atoms. The zero-order valence-corrected chi connectivity index (χ0v) is 20.0. The molecular formula is C29H29NO4. The van der Waals surface area contributed by atoms with Crippen molar-refractivity contribution in [2.75, 3.05) is 4.90 Å². The van der Waals surface area contributed by atoms with Gasteiger partial charge in [-0.3, -0.25) is 0 Å². The molecule has 0 fully saturated rings. The van der Waals surface area contributed by atoms with E-state index in [0.717, 1.165) is 44.9 Å². The van der Waals surface area contributed by atoms with Crippen molar-refractivity contribution in [2.45, 2.75) is 34.6 Å². The van der Waals surface area contributed by atoms with Gasteiger partial charge in [0.1, 0.15) is 11.5 Å². The maximum absolute atomic E-state index is 10.5. The molecule has 5 heteroatoms. The second-order valence-electron chi connectivity index (χ2n) is 8.73. The predicted molar refractivity (Wildman–Crippen MR) is 136 cm³/mol. The highest BCUT2D eigenvalue weighted by atomic mass is 16.5. The largest absolute Gasteiger partial charge is 0.508 e. The number of anilines is 3. The van der Waals surface area contributed by atoms with Gasteiger partial charge in [0.2, 0.25) is 0 Å². The Bertz CT molecular complexity index is 1270. The monoisotopic (exact) mass is 455 g/mol. The van der Waals surface area contributed by atoms with Crippen LogP contribution in [0.15, 0.2) is 66.7 Å². The van der Waals surface area contributed by atoms with Gasteiger partial charge in [-0.25, -0.2) is 0 Å². The summed E-state index contributed by atoms with van der Waals surface area (Å²) in [5, 5.41) is 30.8. The number of ether oxygens (including phenoxy) is 1. The van der Waals surface area contributed by atoms with Crippen LogP contribution in [0.5, 0.6) is 28.7 Å². The summed E-state index contributed by atoms with van der Waals surface area (Å²) in [7, 11) is 0. The van der Waals surface area contributed by atoms with E-state index in [1.165, 1.54) is 0 Å². The standard InChI is InChI=1S/C29H29NO4/c1-17-10-11-27(25(33)12-17)34-26-9-7-6-8-24(26)30(28-18(2)13-22(31)14-19(28)3)29-20(4)15-23(32)16-21(29)5/h6-16,31-33H,1-5H3. The van der Waals surface area contributed by atoms with Crippen molar-refractivity contribution in [3.8, 4) is 28.7 Å². The summed E-state index contributed by atoms with van der Waals surface area (Å²) in [6, 6.07) is 19.9. The van der Waals surface area contributed by atoms with Gasteiger partial charge in [0.05, 0.1) is 17.1 Å². The highest BCUT2D eigenvalue weighted by Crippen LogP contribution is 2.48. The minimum absolute atomic E-state index is 0.0651. The number of hydrogen-bond donors (Lipinski definition) is 3. The van der Waals surface area contributed by atoms with Crippen LogP contribution in [-0.2, 0) is 0 Å². The molecule has 0 amide bonds. The highest BCUT2D eigenvalue weighted by molar-refractivity contribution is 5.86. The Balaban J connectivity index is 1.99. The number of rotatable bonds is 5. The summed E-state index contributed by atoms with van der Waals surface area (Å²) in [5.74, 6) is 1.38. The van der Waals surface area contributed by atoms with Crippen LogP contribution in [0, 0.1) is 34.6 Å². The van der Waals surface area contributed by atoms with Crippen LogP contribution < -0.4 is 9.64 Å². The molecule has 0 saturated heterocycles. The van der Waals surface area contributed by atoms with Gasteiger partial charge in [-0.15, -0.1) is 0 Å². The van der Waals surface area contributed by atoms with Crippen LogP contribution in [0.25, 0.3) is 0 Å². The van der Waals surface area contributed by atoms with Gasteiger partial charge in [0.25, 0.3) is 0 Å². The number of aryl methyl sites for hydroxylation is 5. The Morgan fingerprint density at radius 1 is 0.588 bits per heavy atom. The van der Waals surface area contributed by atoms with Gasteiger partial charge in [0.15, 0.2) is 17.2 Å². The smallest absolute Gasteiger partial charge is 0.169 e. The zero-order chi connectivity index (χ0) is 24.6. The van der Waals surface area contributed by atoms with E-state index in [-0.39, 0.29) is 17.2 Å². The fourth-order valence-electron chi connectivity index (χ4n) is 4.48. The number of para-hydroxylation sites is 2. The number of nitrogens with zero attached hydrogens (tertiary/aromatic N) is 1. The first-order valence-electron chi connectivity index (χ1n) is 11.1. The summed E-state index contributed by atoms with van der Waals surface area (Å²) in [6.45, 7) is 9.72. The van der Waals surface area contributed by atoms with Crippen molar-refractivity contribution in [1.82, 2.24) is 0 Å². The summed E-state index contributed by atoms with van der Waals surface area (Å²) in [6.07, 6.45) is 0. The Kier molecular flexibility index (Phi) is 6.12. The minimum Gasteiger partial charge on any atom is -0.508 e. The number of benzene rings is 4. The van der Waals surface area contributed by atoms with Crippen molar-refractivity contribution < 1.29 is 20.1 Å². The molecule has 4 rings (SSSR count). The second kappa shape index (κ2) is 9.02. The lowest BCUT2D eigenvalue weighted by atomic mass is 10.0. The van der Waals surface area contributed by atoms with Crippen molar-refractivity contribution >= 4 is 17.1 Å². The number of aromatic hydroxyl groups is 3. The quantitative estimate of drug-likeness (QED) is 0.289. The lowest BCUT2D eigenvalue weighted by molar-refractivity contribution is 0.411. The van der Waals surface area contributed by atoms with Crippen LogP contribution in [-0.4, -0.2) is 15.3 Å². The van der Waals surface area contributed by atoms with Gasteiger partial charge in [-0.05, 0) is 111 Å². The number of phenols is 3. The Morgan fingerprint density at radius 3 is 1.59 bits per heavy atom. The molecule has 0 bridgehead atoms. The molecule has 0 aliphatic carbocycles. The SMILES string of the molecule is Cc1ccc(Oc2ccccc2N(c2c(C)cc(O)cc2C)c2c(C)cc(O)cc2C)c(O)c1. The molecule has 4 aromatic rings. The highest BCUT2D eigenvalue weighted by Gasteiger charge is 2.24. The molecule has 0 aromatic heterocycles. The second-order valence-corrected chi connectivity index (χ2v) is 8.73. The Morgan fingerprint density at radius 2 is 1.09 bits per heavy atom. The molecule has 0 radical (unpaired) electrons. The molecule has 0 aliphatic heterocycles. The maximum atomic E-state index is 10.5. The number of phenolic OH excluding ortho intramolecular Hbond substituents is 3. The van der Waals surface area contributed by atoms with Crippen LogP contribution in [0.4, 0.5) is 17.1 Å². The first-order valence-corrected chi connectivity index (χ1v) is 11.1. The van der Waals surface area contributed by atoms with E-state index in [9.17, 15) is 15.3 Å². The van der Waals surface area contributed by atoms with Crippen molar-refractivity contribution in [2.24, 2.45) is 0 Å². The molecular weight excluding hydrogens is 426 g/mol. The van der Waals surface area contributed by atoms with Gasteiger partial charge in [-0.1, -0.05) is 18.2 Å². The van der Waals surface area contributed by atoms with Crippen molar-refractivity contribution in [3.63, 3.8) is 0 Å². The van der Waals surface area contributed by atoms with E-state index in [0.29, 0.717) is 11.5 Å². The fraction of sp³-hybridized carbons (Fsp3) is 0.172. The normalized spacial score (nSPS) is 10.9. The van der Waals surface area contributed by atoms with E-state index >= 15 is 0 Å². The Labute approximate surface area is 200 Å². The number of hydrogen-bond acceptors (Lipinski definition) is 5.